The van der Waals surface area contributed by atoms with Crippen molar-refractivity contribution < 1.29 is 28.6 Å². The summed E-state index contributed by atoms with van der Waals surface area (Å²) in [6.45, 7) is 3.52. The zero-order valence-electron chi connectivity index (χ0n) is 21.0. The lowest BCUT2D eigenvalue weighted by Crippen LogP contribution is -2.52. The van der Waals surface area contributed by atoms with Gasteiger partial charge in [0.05, 0.1) is 38.7 Å². The highest BCUT2D eigenvalue weighted by atomic mass is 16.5. The summed E-state index contributed by atoms with van der Waals surface area (Å²) < 4.78 is 16.3. The SMILES string of the molecule is CCOC(=O)[C@@H]1CCCN(C(=O)[C@H]2c3ccccc3C(=O)N3CCc4cc(OC)c(OC)cc4[C@@H]23)C1. The molecule has 0 bridgehead atoms. The van der Waals surface area contributed by atoms with E-state index in [0.717, 1.165) is 23.1 Å². The Hall–Kier alpha value is -3.55. The van der Waals surface area contributed by atoms with Crippen LogP contribution in [-0.4, -0.2) is 68.0 Å². The van der Waals surface area contributed by atoms with Crippen LogP contribution >= 0.6 is 0 Å². The third-order valence-corrected chi connectivity index (χ3v) is 7.64. The first-order valence-corrected chi connectivity index (χ1v) is 12.6. The number of likely N-dealkylation sites (tertiary alicyclic amines) is 1. The van der Waals surface area contributed by atoms with Crippen LogP contribution in [0.4, 0.5) is 0 Å². The van der Waals surface area contributed by atoms with Crippen LogP contribution in [0.2, 0.25) is 0 Å². The molecule has 8 heteroatoms. The number of hydrogen-bond acceptors (Lipinski definition) is 6. The third-order valence-electron chi connectivity index (χ3n) is 7.64. The number of benzene rings is 2. The van der Waals surface area contributed by atoms with Crippen molar-refractivity contribution in [2.45, 2.75) is 38.1 Å². The lowest BCUT2D eigenvalue weighted by Gasteiger charge is -2.47. The van der Waals surface area contributed by atoms with Gasteiger partial charge in [-0.15, -0.1) is 0 Å². The molecule has 0 unspecified atom stereocenters. The highest BCUT2D eigenvalue weighted by Crippen LogP contribution is 2.49. The minimum atomic E-state index is -0.586. The molecule has 3 aliphatic rings. The Morgan fingerprint density at radius 3 is 2.53 bits per heavy atom. The summed E-state index contributed by atoms with van der Waals surface area (Å²) >= 11 is 0. The quantitative estimate of drug-likeness (QED) is 0.596. The molecule has 2 aromatic rings. The number of rotatable bonds is 5. The lowest BCUT2D eigenvalue weighted by molar-refractivity contribution is -0.151. The first-order valence-electron chi connectivity index (χ1n) is 12.6. The van der Waals surface area contributed by atoms with Crippen LogP contribution in [0.25, 0.3) is 0 Å². The minimum Gasteiger partial charge on any atom is -0.493 e. The van der Waals surface area contributed by atoms with E-state index in [1.54, 1.807) is 32.1 Å². The molecular weight excluding hydrogens is 460 g/mol. The zero-order valence-corrected chi connectivity index (χ0v) is 21.0. The van der Waals surface area contributed by atoms with Gasteiger partial charge < -0.3 is 24.0 Å². The van der Waals surface area contributed by atoms with Crippen LogP contribution in [0.15, 0.2) is 36.4 Å². The normalized spacial score (nSPS) is 22.8. The van der Waals surface area contributed by atoms with E-state index in [4.69, 9.17) is 14.2 Å². The average molecular weight is 493 g/mol. The molecule has 0 saturated carbocycles. The van der Waals surface area contributed by atoms with Crippen LogP contribution in [0, 0.1) is 5.92 Å². The zero-order chi connectivity index (χ0) is 25.4. The van der Waals surface area contributed by atoms with Gasteiger partial charge in [-0.3, -0.25) is 14.4 Å². The topological polar surface area (TPSA) is 85.4 Å². The Morgan fingerprint density at radius 1 is 1.03 bits per heavy atom. The predicted octanol–water partition coefficient (Wildman–Crippen LogP) is 3.34. The van der Waals surface area contributed by atoms with E-state index in [0.29, 0.717) is 56.1 Å². The Balaban J connectivity index is 1.59. The van der Waals surface area contributed by atoms with Crippen molar-refractivity contribution in [1.29, 1.82) is 0 Å². The van der Waals surface area contributed by atoms with Crippen molar-refractivity contribution in [3.8, 4) is 11.5 Å². The van der Waals surface area contributed by atoms with Crippen molar-refractivity contribution >= 4 is 17.8 Å². The summed E-state index contributed by atoms with van der Waals surface area (Å²) in [5.41, 5.74) is 3.24. The van der Waals surface area contributed by atoms with Crippen molar-refractivity contribution in [1.82, 2.24) is 9.80 Å². The van der Waals surface area contributed by atoms with E-state index in [2.05, 4.69) is 0 Å². The fourth-order valence-corrected chi connectivity index (χ4v) is 5.95. The van der Waals surface area contributed by atoms with Crippen LogP contribution in [-0.2, 0) is 20.7 Å². The second-order valence-corrected chi connectivity index (χ2v) is 9.54. The fraction of sp³-hybridized carbons (Fsp3) is 0.464. The maximum absolute atomic E-state index is 14.3. The number of amides is 2. The molecule has 1 saturated heterocycles. The monoisotopic (exact) mass is 492 g/mol. The van der Waals surface area contributed by atoms with Crippen LogP contribution in [0.5, 0.6) is 11.5 Å². The van der Waals surface area contributed by atoms with Crippen molar-refractivity contribution in [3.63, 3.8) is 0 Å². The summed E-state index contributed by atoms with van der Waals surface area (Å²) in [6, 6.07) is 10.8. The number of nitrogens with zero attached hydrogens (tertiary/aromatic N) is 2. The van der Waals surface area contributed by atoms with E-state index >= 15 is 0 Å². The summed E-state index contributed by atoms with van der Waals surface area (Å²) in [4.78, 5) is 43.9. The van der Waals surface area contributed by atoms with Gasteiger partial charge in [0.15, 0.2) is 11.5 Å². The second kappa shape index (κ2) is 9.84. The summed E-state index contributed by atoms with van der Waals surface area (Å²) in [6.07, 6.45) is 2.10. The summed E-state index contributed by atoms with van der Waals surface area (Å²) in [7, 11) is 3.18. The van der Waals surface area contributed by atoms with E-state index < -0.39 is 12.0 Å². The number of esters is 1. The smallest absolute Gasteiger partial charge is 0.310 e. The summed E-state index contributed by atoms with van der Waals surface area (Å²) in [5.74, 6) is -0.112. The van der Waals surface area contributed by atoms with E-state index in [9.17, 15) is 14.4 Å². The first kappa shape index (κ1) is 24.2. The molecule has 5 rings (SSSR count). The van der Waals surface area contributed by atoms with Gasteiger partial charge in [-0.2, -0.15) is 0 Å². The van der Waals surface area contributed by atoms with Gasteiger partial charge in [0, 0.05) is 25.2 Å². The molecule has 3 aliphatic heterocycles. The molecule has 3 atom stereocenters. The van der Waals surface area contributed by atoms with Gasteiger partial charge >= 0.3 is 5.97 Å². The van der Waals surface area contributed by atoms with Gasteiger partial charge in [-0.1, -0.05) is 18.2 Å². The number of carbonyl (C=O) groups is 3. The van der Waals surface area contributed by atoms with Crippen LogP contribution in [0.3, 0.4) is 0 Å². The fourth-order valence-electron chi connectivity index (χ4n) is 5.95. The largest absolute Gasteiger partial charge is 0.493 e. The summed E-state index contributed by atoms with van der Waals surface area (Å²) in [5, 5.41) is 0. The number of methoxy groups -OCH3 is 2. The van der Waals surface area contributed by atoms with Gasteiger partial charge in [0.2, 0.25) is 5.91 Å². The van der Waals surface area contributed by atoms with Crippen molar-refractivity contribution in [2.24, 2.45) is 5.92 Å². The third kappa shape index (κ3) is 3.98. The number of fused-ring (bicyclic) bond motifs is 4. The molecule has 2 aromatic carbocycles. The number of piperidine rings is 1. The maximum Gasteiger partial charge on any atom is 0.310 e. The highest BCUT2D eigenvalue weighted by molar-refractivity contribution is 6.01. The van der Waals surface area contributed by atoms with Crippen molar-refractivity contribution in [3.05, 3.63) is 58.7 Å². The molecule has 3 heterocycles. The molecule has 0 aliphatic carbocycles. The van der Waals surface area contributed by atoms with Gasteiger partial charge in [0.1, 0.15) is 0 Å². The average Bonchev–Trinajstić information content (AvgIpc) is 2.92. The lowest BCUT2D eigenvalue weighted by atomic mass is 9.75. The first-order chi connectivity index (χ1) is 17.5. The minimum absolute atomic E-state index is 0.0665. The molecule has 0 spiro atoms. The molecule has 2 amide bonds. The van der Waals surface area contributed by atoms with Gasteiger partial charge in [0.25, 0.3) is 5.91 Å². The van der Waals surface area contributed by atoms with Gasteiger partial charge in [-0.05, 0) is 61.1 Å². The molecule has 0 aromatic heterocycles. The molecule has 0 radical (unpaired) electrons. The highest BCUT2D eigenvalue weighted by Gasteiger charge is 2.48. The van der Waals surface area contributed by atoms with Crippen LogP contribution in [0.1, 0.15) is 58.8 Å². The molecular formula is C28H32N2O6. The predicted molar refractivity (Wildman–Crippen MR) is 132 cm³/mol. The van der Waals surface area contributed by atoms with Gasteiger partial charge in [-0.25, -0.2) is 0 Å². The van der Waals surface area contributed by atoms with E-state index in [1.165, 1.54) is 0 Å². The van der Waals surface area contributed by atoms with E-state index in [1.807, 2.05) is 35.2 Å². The molecule has 190 valence electrons. The van der Waals surface area contributed by atoms with E-state index in [-0.39, 0.29) is 23.7 Å². The second-order valence-electron chi connectivity index (χ2n) is 9.54. The Kier molecular flexibility index (Phi) is 6.60. The standard InChI is InChI=1S/C28H32N2O6/c1-4-36-28(33)18-8-7-12-29(16-18)27(32)24-19-9-5-6-10-20(19)26(31)30-13-11-17-14-22(34-2)23(35-3)15-21(17)25(24)30/h5-6,9-10,14-15,18,24-25H,4,7-8,11-13,16H2,1-3H3/t18-,24+,25+/m1/s1. The number of ether oxygens (including phenoxy) is 3. The molecule has 8 nitrogen and oxygen atoms in total. The number of carbonyl (C=O) groups excluding carboxylic acids is 3. The van der Waals surface area contributed by atoms with Crippen LogP contribution < -0.4 is 9.47 Å². The Morgan fingerprint density at radius 2 is 1.78 bits per heavy atom. The number of hydrogen-bond donors (Lipinski definition) is 0. The maximum atomic E-state index is 14.3. The molecule has 36 heavy (non-hydrogen) atoms. The molecule has 0 N–H and O–H groups in total. The Labute approximate surface area is 211 Å². The van der Waals surface area contributed by atoms with Crippen molar-refractivity contribution in [2.75, 3.05) is 40.5 Å². The Bertz CT molecular complexity index is 1190. The molecule has 1 fully saturated rings.